The minimum atomic E-state index is -0.267. The van der Waals surface area contributed by atoms with Crippen LogP contribution in [0.4, 0.5) is 0 Å². The lowest BCUT2D eigenvalue weighted by Crippen LogP contribution is -2.16. The molecule has 0 aliphatic rings. The van der Waals surface area contributed by atoms with Crippen molar-refractivity contribution >= 4 is 17.3 Å². The van der Waals surface area contributed by atoms with Gasteiger partial charge in [-0.1, -0.05) is 20.3 Å². The second kappa shape index (κ2) is 8.80. The Morgan fingerprint density at radius 3 is 2.60 bits per heavy atom. The van der Waals surface area contributed by atoms with E-state index in [1.807, 2.05) is 25.2 Å². The lowest BCUT2D eigenvalue weighted by molar-refractivity contribution is -0.141. The van der Waals surface area contributed by atoms with E-state index in [1.165, 1.54) is 9.75 Å². The second-order valence-corrected chi connectivity index (χ2v) is 6.23. The number of ether oxygens (including phenoxy) is 1. The Hall–Kier alpha value is -1.29. The van der Waals surface area contributed by atoms with Gasteiger partial charge in [0.15, 0.2) is 0 Å². The van der Waals surface area contributed by atoms with Crippen molar-refractivity contribution in [3.05, 3.63) is 33.7 Å². The van der Waals surface area contributed by atoms with E-state index in [0.29, 0.717) is 0 Å². The number of carbonyl (C=O) groups excluding carboxylic acids is 1. The summed E-state index contributed by atoms with van der Waals surface area (Å²) in [6.45, 7) is 8.75. The Morgan fingerprint density at radius 2 is 2.05 bits per heavy atom. The molecule has 112 valence electrons. The van der Waals surface area contributed by atoms with Crippen LogP contribution in [0.5, 0.6) is 0 Å². The molecule has 0 saturated heterocycles. The van der Waals surface area contributed by atoms with E-state index in [0.717, 1.165) is 31.5 Å². The van der Waals surface area contributed by atoms with E-state index in [-0.39, 0.29) is 12.1 Å². The van der Waals surface area contributed by atoms with E-state index < -0.39 is 0 Å². The molecule has 1 N–H and O–H groups in total. The highest BCUT2D eigenvalue weighted by Gasteiger charge is 2.05. The minimum Gasteiger partial charge on any atom is -0.460 e. The molecule has 0 spiro atoms. The van der Waals surface area contributed by atoms with Crippen LogP contribution in [0.3, 0.4) is 0 Å². The van der Waals surface area contributed by atoms with Gasteiger partial charge in [-0.25, -0.2) is 4.79 Å². The maximum Gasteiger partial charge on any atom is 0.332 e. The second-order valence-electron chi connectivity index (χ2n) is 4.98. The lowest BCUT2D eigenvalue weighted by Gasteiger charge is -2.10. The molecule has 1 rings (SSSR count). The molecule has 0 aliphatic carbocycles. The van der Waals surface area contributed by atoms with Crippen LogP contribution in [0, 0.1) is 0 Å². The molecule has 3 nitrogen and oxygen atoms in total. The van der Waals surface area contributed by atoms with Crippen molar-refractivity contribution in [1.29, 1.82) is 0 Å². The molecule has 0 atom stereocenters. The summed E-state index contributed by atoms with van der Waals surface area (Å²) in [5.74, 6) is -0.267. The molecule has 0 aliphatic heterocycles. The van der Waals surface area contributed by atoms with Gasteiger partial charge in [0.2, 0.25) is 0 Å². The molecule has 0 bridgehead atoms. The van der Waals surface area contributed by atoms with Crippen LogP contribution in [0.15, 0.2) is 23.9 Å². The van der Waals surface area contributed by atoms with Gasteiger partial charge in [-0.3, -0.25) is 0 Å². The number of nitrogens with one attached hydrogen (secondary N) is 1. The van der Waals surface area contributed by atoms with Gasteiger partial charge in [0, 0.05) is 28.1 Å². The standard InChI is InChI=1S/C16H25NO2S/c1-5-7-13(10-16(18)19-12(3)4)17-11-15-9-8-14(6-2)20-15/h8-10,12,17H,5-7,11H2,1-4H3/b13-10-. The molecule has 1 heterocycles. The van der Waals surface area contributed by atoms with Crippen molar-refractivity contribution in [1.82, 2.24) is 5.32 Å². The molecule has 1 aromatic heterocycles. The van der Waals surface area contributed by atoms with Crippen LogP contribution >= 0.6 is 11.3 Å². The summed E-state index contributed by atoms with van der Waals surface area (Å²) in [5.41, 5.74) is 0.949. The molecule has 0 fully saturated rings. The third kappa shape index (κ3) is 6.24. The van der Waals surface area contributed by atoms with E-state index in [2.05, 4.69) is 31.3 Å². The van der Waals surface area contributed by atoms with E-state index >= 15 is 0 Å². The van der Waals surface area contributed by atoms with Gasteiger partial charge in [-0.05, 0) is 38.8 Å². The Balaban J connectivity index is 2.57. The molecule has 0 radical (unpaired) electrons. The number of carbonyl (C=O) groups is 1. The maximum absolute atomic E-state index is 11.7. The highest BCUT2D eigenvalue weighted by molar-refractivity contribution is 7.11. The average molecular weight is 295 g/mol. The van der Waals surface area contributed by atoms with Crippen molar-refractivity contribution in [2.45, 2.75) is 59.6 Å². The normalized spacial score (nSPS) is 11.8. The number of esters is 1. The van der Waals surface area contributed by atoms with Crippen LogP contribution in [-0.2, 0) is 22.5 Å². The minimum absolute atomic E-state index is 0.0777. The fourth-order valence-electron chi connectivity index (χ4n) is 1.80. The van der Waals surface area contributed by atoms with Gasteiger partial charge >= 0.3 is 5.97 Å². The number of thiophene rings is 1. The zero-order chi connectivity index (χ0) is 15.0. The van der Waals surface area contributed by atoms with Crippen LogP contribution in [0.2, 0.25) is 0 Å². The Bertz CT molecular complexity index is 449. The smallest absolute Gasteiger partial charge is 0.332 e. The summed E-state index contributed by atoms with van der Waals surface area (Å²) in [6.07, 6.45) is 4.43. The quantitative estimate of drug-likeness (QED) is 0.581. The van der Waals surface area contributed by atoms with Crippen LogP contribution < -0.4 is 5.32 Å². The first kappa shape index (κ1) is 16.8. The first-order valence-corrected chi connectivity index (χ1v) is 8.09. The first-order chi connectivity index (χ1) is 9.55. The molecular formula is C16H25NO2S. The summed E-state index contributed by atoms with van der Waals surface area (Å²) < 4.78 is 5.15. The number of allylic oxidation sites excluding steroid dienone is 1. The van der Waals surface area contributed by atoms with Gasteiger partial charge in [0.05, 0.1) is 6.10 Å². The van der Waals surface area contributed by atoms with Crippen LogP contribution in [0.25, 0.3) is 0 Å². The van der Waals surface area contributed by atoms with Gasteiger partial charge in [-0.15, -0.1) is 11.3 Å². The third-order valence-electron chi connectivity index (χ3n) is 2.72. The van der Waals surface area contributed by atoms with Crippen molar-refractivity contribution in [2.24, 2.45) is 0 Å². The molecule has 0 aromatic carbocycles. The topological polar surface area (TPSA) is 38.3 Å². The van der Waals surface area contributed by atoms with Gasteiger partial charge in [0.1, 0.15) is 0 Å². The molecule has 0 saturated carbocycles. The number of aryl methyl sites for hydroxylation is 1. The monoisotopic (exact) mass is 295 g/mol. The number of hydrogen-bond donors (Lipinski definition) is 1. The summed E-state index contributed by atoms with van der Waals surface area (Å²) in [7, 11) is 0. The summed E-state index contributed by atoms with van der Waals surface area (Å²) in [6, 6.07) is 4.31. The molecule has 20 heavy (non-hydrogen) atoms. The van der Waals surface area contributed by atoms with Gasteiger partial charge < -0.3 is 10.1 Å². The van der Waals surface area contributed by atoms with E-state index in [4.69, 9.17) is 4.74 Å². The fraction of sp³-hybridized carbons (Fsp3) is 0.562. The van der Waals surface area contributed by atoms with E-state index in [1.54, 1.807) is 6.08 Å². The van der Waals surface area contributed by atoms with Crippen molar-refractivity contribution < 1.29 is 9.53 Å². The molecular weight excluding hydrogens is 270 g/mol. The largest absolute Gasteiger partial charge is 0.460 e. The molecule has 0 amide bonds. The van der Waals surface area contributed by atoms with Crippen molar-refractivity contribution in [3.8, 4) is 0 Å². The Morgan fingerprint density at radius 1 is 1.35 bits per heavy atom. The van der Waals surface area contributed by atoms with E-state index in [9.17, 15) is 4.79 Å². The van der Waals surface area contributed by atoms with Crippen molar-refractivity contribution in [3.63, 3.8) is 0 Å². The van der Waals surface area contributed by atoms with Crippen LogP contribution in [-0.4, -0.2) is 12.1 Å². The Labute approximate surface area is 126 Å². The average Bonchev–Trinajstić information content (AvgIpc) is 2.83. The number of hydrogen-bond acceptors (Lipinski definition) is 4. The van der Waals surface area contributed by atoms with Crippen LogP contribution in [0.1, 0.15) is 50.3 Å². The zero-order valence-corrected chi connectivity index (χ0v) is 13.7. The predicted molar refractivity (Wildman–Crippen MR) is 84.8 cm³/mol. The molecule has 0 unspecified atom stereocenters. The van der Waals surface area contributed by atoms with Gasteiger partial charge in [0.25, 0.3) is 0 Å². The molecule has 4 heteroatoms. The summed E-state index contributed by atoms with van der Waals surface area (Å²) >= 11 is 1.82. The molecule has 1 aromatic rings. The first-order valence-electron chi connectivity index (χ1n) is 7.27. The highest BCUT2D eigenvalue weighted by atomic mass is 32.1. The predicted octanol–water partition coefficient (Wildman–Crippen LogP) is 4.04. The zero-order valence-electron chi connectivity index (χ0n) is 12.9. The Kier molecular flexibility index (Phi) is 7.37. The summed E-state index contributed by atoms with van der Waals surface area (Å²) in [4.78, 5) is 14.3. The lowest BCUT2D eigenvalue weighted by atomic mass is 10.2. The summed E-state index contributed by atoms with van der Waals surface area (Å²) in [5, 5.41) is 3.35. The SMILES string of the molecule is CCC/C(=C/C(=O)OC(C)C)NCc1ccc(CC)s1. The fourth-order valence-corrected chi connectivity index (χ4v) is 2.70. The number of rotatable bonds is 8. The third-order valence-corrected chi connectivity index (χ3v) is 3.95. The van der Waals surface area contributed by atoms with Crippen molar-refractivity contribution in [2.75, 3.05) is 0 Å². The maximum atomic E-state index is 11.7. The van der Waals surface area contributed by atoms with Gasteiger partial charge in [-0.2, -0.15) is 0 Å². The highest BCUT2D eigenvalue weighted by Crippen LogP contribution is 2.17.